The first kappa shape index (κ1) is 27.9. The fourth-order valence-corrected chi connectivity index (χ4v) is 3.61. The topological polar surface area (TPSA) is 208 Å². The van der Waals surface area contributed by atoms with Gasteiger partial charge >= 0.3 is 18.1 Å². The Morgan fingerprint density at radius 3 is 2.58 bits per heavy atom. The number of carboxylic acids is 1. The summed E-state index contributed by atoms with van der Waals surface area (Å²) in [5.41, 5.74) is 0.700. The molecule has 6 amide bonds. The summed E-state index contributed by atoms with van der Waals surface area (Å²) in [6, 6.07) is 6.90. The van der Waals surface area contributed by atoms with Crippen LogP contribution in [0.2, 0.25) is 0 Å². The van der Waals surface area contributed by atoms with Gasteiger partial charge in [0.2, 0.25) is 11.8 Å². The van der Waals surface area contributed by atoms with E-state index in [-0.39, 0.29) is 19.4 Å². The Bertz CT molecular complexity index is 1090. The third-order valence-electron chi connectivity index (χ3n) is 5.44. The highest BCUT2D eigenvalue weighted by atomic mass is 16.5. The first-order chi connectivity index (χ1) is 18.2. The van der Waals surface area contributed by atoms with Crippen molar-refractivity contribution < 1.29 is 38.6 Å². The second-order valence-corrected chi connectivity index (χ2v) is 8.45. The number of aliphatic imine (C=N–C) groups is 1. The van der Waals surface area contributed by atoms with Crippen molar-refractivity contribution in [2.45, 2.75) is 44.5 Å². The van der Waals surface area contributed by atoms with Crippen molar-refractivity contribution in [3.63, 3.8) is 0 Å². The molecule has 1 aromatic carbocycles. The van der Waals surface area contributed by atoms with Crippen LogP contribution >= 0.6 is 0 Å². The van der Waals surface area contributed by atoms with E-state index in [1.54, 1.807) is 30.3 Å². The predicted octanol–water partition coefficient (Wildman–Crippen LogP) is -1.00. The normalized spacial score (nSPS) is 17.4. The van der Waals surface area contributed by atoms with Gasteiger partial charge in [0.15, 0.2) is 5.96 Å². The van der Waals surface area contributed by atoms with Gasteiger partial charge in [0.1, 0.15) is 25.4 Å². The van der Waals surface area contributed by atoms with E-state index in [4.69, 9.17) is 9.84 Å². The second-order valence-electron chi connectivity index (χ2n) is 8.45. The fraction of sp³-hybridized carbons (Fsp3) is 0.435. The van der Waals surface area contributed by atoms with E-state index in [1.165, 1.54) is 0 Å². The fourth-order valence-electron chi connectivity index (χ4n) is 3.61. The van der Waals surface area contributed by atoms with Crippen LogP contribution in [0.15, 0.2) is 35.3 Å². The van der Waals surface area contributed by atoms with Crippen LogP contribution in [0.25, 0.3) is 0 Å². The number of hydrogen-bond donors (Lipinski definition) is 6. The average Bonchev–Trinajstić information content (AvgIpc) is 3.14. The molecule has 2 unspecified atom stereocenters. The molecule has 6 N–H and O–H groups in total. The van der Waals surface area contributed by atoms with Gasteiger partial charge in [-0.15, -0.1) is 0 Å². The molecule has 0 aliphatic carbocycles. The molecule has 38 heavy (non-hydrogen) atoms. The highest BCUT2D eigenvalue weighted by Gasteiger charge is 2.39. The highest BCUT2D eigenvalue weighted by Crippen LogP contribution is 2.11. The molecular weight excluding hydrogens is 502 g/mol. The molecule has 2 aliphatic rings. The van der Waals surface area contributed by atoms with Crippen LogP contribution in [-0.2, 0) is 30.5 Å². The number of amides is 6. The number of guanidine groups is 1. The first-order valence-electron chi connectivity index (χ1n) is 11.9. The van der Waals surface area contributed by atoms with Crippen LogP contribution in [0.3, 0.4) is 0 Å². The summed E-state index contributed by atoms with van der Waals surface area (Å²) in [6.45, 7) is 0.484. The van der Waals surface area contributed by atoms with Crippen molar-refractivity contribution >= 4 is 41.8 Å². The number of imide groups is 1. The van der Waals surface area contributed by atoms with E-state index >= 15 is 0 Å². The lowest BCUT2D eigenvalue weighted by atomic mass is 10.1. The summed E-state index contributed by atoms with van der Waals surface area (Å²) in [7, 11) is 0. The van der Waals surface area contributed by atoms with Gasteiger partial charge in [0.05, 0.1) is 6.42 Å². The Kier molecular flexibility index (Phi) is 9.96. The van der Waals surface area contributed by atoms with Gasteiger partial charge in [-0.1, -0.05) is 30.3 Å². The molecule has 0 saturated carbocycles. The maximum absolute atomic E-state index is 12.6. The van der Waals surface area contributed by atoms with Crippen LogP contribution in [0.4, 0.5) is 9.59 Å². The molecule has 2 heterocycles. The molecule has 0 spiro atoms. The van der Waals surface area contributed by atoms with E-state index in [0.717, 1.165) is 6.42 Å². The number of ether oxygens (including phenoxy) is 1. The van der Waals surface area contributed by atoms with Gasteiger partial charge in [-0.05, 0) is 18.4 Å². The van der Waals surface area contributed by atoms with E-state index in [2.05, 4.69) is 31.6 Å². The number of benzene rings is 1. The lowest BCUT2D eigenvalue weighted by Gasteiger charge is -2.20. The zero-order chi connectivity index (χ0) is 27.5. The Morgan fingerprint density at radius 1 is 1.13 bits per heavy atom. The zero-order valence-corrected chi connectivity index (χ0v) is 20.4. The Hall–Kier alpha value is -4.69. The first-order valence-corrected chi connectivity index (χ1v) is 11.9. The molecule has 15 nitrogen and oxygen atoms in total. The van der Waals surface area contributed by atoms with Crippen molar-refractivity contribution in [1.29, 1.82) is 0 Å². The van der Waals surface area contributed by atoms with Gasteiger partial charge < -0.3 is 31.1 Å². The third-order valence-corrected chi connectivity index (χ3v) is 5.44. The minimum absolute atomic E-state index is 0.00173. The minimum Gasteiger partial charge on any atom is -0.481 e. The standard InChI is InChI=1S/C23H29N7O8/c31-17(29-21-24-9-4-10-25-21)8-7-15-20(35)30(22(36)26-15)12-18(32)27-16(11-19(33)34)28-23(37)38-13-14-5-2-1-3-6-14/h1-3,5-6,15-16H,4,7-13H2,(H,26,36)(H,27,32)(H,28,37)(H,33,34)(H2,24,25,29,31). The molecule has 2 atom stereocenters. The summed E-state index contributed by atoms with van der Waals surface area (Å²) in [6.07, 6.45) is -2.23. The smallest absolute Gasteiger partial charge is 0.409 e. The quantitative estimate of drug-likeness (QED) is 0.153. The number of carbonyl (C=O) groups excluding carboxylic acids is 5. The van der Waals surface area contributed by atoms with Crippen LogP contribution < -0.4 is 26.6 Å². The Morgan fingerprint density at radius 2 is 1.89 bits per heavy atom. The number of hydrogen-bond acceptors (Lipinski definition) is 9. The number of carboxylic acid groups (broad SMARTS) is 1. The summed E-state index contributed by atoms with van der Waals surface area (Å²) in [4.78, 5) is 77.5. The SMILES string of the molecule is O=C(O)CC(NC(=O)CN1C(=O)NC(CCC(=O)NC2=NCCCN2)C1=O)NC(=O)OCc1ccccc1. The van der Waals surface area contributed by atoms with Crippen LogP contribution in [0, 0.1) is 0 Å². The largest absolute Gasteiger partial charge is 0.481 e. The van der Waals surface area contributed by atoms with Gasteiger partial charge in [-0.3, -0.25) is 34.4 Å². The molecule has 1 fully saturated rings. The van der Waals surface area contributed by atoms with Crippen molar-refractivity contribution in [3.05, 3.63) is 35.9 Å². The summed E-state index contributed by atoms with van der Waals surface area (Å²) < 4.78 is 5.03. The Balaban J connectivity index is 1.46. The zero-order valence-electron chi connectivity index (χ0n) is 20.4. The lowest BCUT2D eigenvalue weighted by molar-refractivity contribution is -0.138. The number of urea groups is 1. The van der Waals surface area contributed by atoms with E-state index in [0.29, 0.717) is 29.5 Å². The van der Waals surface area contributed by atoms with Crippen LogP contribution in [-0.4, -0.2) is 83.6 Å². The number of nitrogens with zero attached hydrogens (tertiary/aromatic N) is 2. The van der Waals surface area contributed by atoms with Crippen molar-refractivity contribution in [1.82, 2.24) is 31.5 Å². The number of aliphatic carboxylic acids is 1. The molecule has 0 bridgehead atoms. The molecular formula is C23H29N7O8. The summed E-state index contributed by atoms with van der Waals surface area (Å²) >= 11 is 0. The monoisotopic (exact) mass is 531 g/mol. The highest BCUT2D eigenvalue weighted by molar-refractivity contribution is 6.06. The second kappa shape index (κ2) is 13.6. The van der Waals surface area contributed by atoms with Crippen LogP contribution in [0.1, 0.15) is 31.2 Å². The van der Waals surface area contributed by atoms with Gasteiger partial charge in [-0.25, -0.2) is 9.59 Å². The van der Waals surface area contributed by atoms with Crippen LogP contribution in [0.5, 0.6) is 0 Å². The molecule has 1 aromatic rings. The maximum atomic E-state index is 12.6. The number of carbonyl (C=O) groups is 6. The van der Waals surface area contributed by atoms with Crippen molar-refractivity contribution in [2.24, 2.45) is 4.99 Å². The average molecular weight is 532 g/mol. The molecule has 2 aliphatic heterocycles. The Labute approximate surface area is 217 Å². The molecule has 0 aromatic heterocycles. The number of rotatable bonds is 11. The minimum atomic E-state index is -1.36. The summed E-state index contributed by atoms with van der Waals surface area (Å²) in [5.74, 6) is -2.95. The van der Waals surface area contributed by atoms with Gasteiger partial charge in [0, 0.05) is 19.5 Å². The van der Waals surface area contributed by atoms with Gasteiger partial charge in [0.25, 0.3) is 5.91 Å². The molecule has 15 heteroatoms. The maximum Gasteiger partial charge on any atom is 0.409 e. The molecule has 204 valence electrons. The third kappa shape index (κ3) is 8.76. The summed E-state index contributed by atoms with van der Waals surface area (Å²) in [5, 5.41) is 21.6. The van der Waals surface area contributed by atoms with Crippen molar-refractivity contribution in [2.75, 3.05) is 19.6 Å². The molecule has 3 rings (SSSR count). The number of nitrogens with one attached hydrogen (secondary N) is 5. The number of alkyl carbamates (subject to hydrolysis) is 1. The van der Waals surface area contributed by atoms with E-state index in [9.17, 15) is 28.8 Å². The van der Waals surface area contributed by atoms with E-state index < -0.39 is 61.0 Å². The molecule has 0 radical (unpaired) electrons. The van der Waals surface area contributed by atoms with Crippen molar-refractivity contribution in [3.8, 4) is 0 Å². The van der Waals surface area contributed by atoms with E-state index in [1.807, 2.05) is 0 Å². The van der Waals surface area contributed by atoms with Gasteiger partial charge in [-0.2, -0.15) is 0 Å². The lowest BCUT2D eigenvalue weighted by Crippen LogP contribution is -2.52. The predicted molar refractivity (Wildman–Crippen MR) is 130 cm³/mol. The molecule has 1 saturated heterocycles.